The molecule has 442 valence electrons. The fourth-order valence-electron chi connectivity index (χ4n) is 13.2. The molecule has 12 nitrogen and oxygen atoms in total. The Balaban J connectivity index is 0.749. The first kappa shape index (κ1) is 56.0. The maximum atomic E-state index is 14.0. The number of H-pyrrole nitrogens is 4. The molecule has 4 aliphatic heterocycles. The first-order chi connectivity index (χ1) is 44.2. The van der Waals surface area contributed by atoms with Gasteiger partial charge in [0.1, 0.15) is 0 Å². The van der Waals surface area contributed by atoms with Crippen molar-refractivity contribution in [2.45, 2.75) is 53.0 Å². The maximum absolute atomic E-state index is 14.0. The molecule has 4 aliphatic rings. The van der Waals surface area contributed by atoms with Crippen LogP contribution < -0.4 is 5.32 Å². The molecule has 91 heavy (non-hydrogen) atoms. The van der Waals surface area contributed by atoms with Gasteiger partial charge in [0.2, 0.25) is 0 Å². The monoisotopic (exact) mass is 1190 g/mol. The predicted octanol–water partition coefficient (Wildman–Crippen LogP) is 18.0. The fraction of sp³-hybridized carbons (Fsp3) is 0.114. The van der Waals surface area contributed by atoms with E-state index in [1.165, 1.54) is 29.4 Å². The molecule has 0 radical (unpaired) electrons. The molecular weight excluding hydrogens is 1120 g/mol. The molecule has 0 atom stereocenters. The minimum Gasteiger partial charge on any atom is -0.465 e. The van der Waals surface area contributed by atoms with Crippen molar-refractivity contribution in [3.8, 4) is 55.6 Å². The van der Waals surface area contributed by atoms with Crippen LogP contribution in [0.15, 0.2) is 182 Å². The summed E-state index contributed by atoms with van der Waals surface area (Å²) in [5.41, 5.74) is 29.4. The molecule has 15 rings (SSSR count). The molecule has 5 N–H and O–H groups in total. The number of carbonyl (C=O) groups excluding carboxylic acids is 2. The van der Waals surface area contributed by atoms with Crippen LogP contribution in [-0.4, -0.2) is 58.9 Å². The maximum Gasteiger partial charge on any atom is 0.337 e. The minimum atomic E-state index is -0.408. The van der Waals surface area contributed by atoms with Crippen molar-refractivity contribution >= 4 is 92.5 Å². The van der Waals surface area contributed by atoms with E-state index < -0.39 is 5.97 Å². The molecule has 0 aliphatic carbocycles. The van der Waals surface area contributed by atoms with Gasteiger partial charge in [-0.3, -0.25) is 9.78 Å². The summed E-state index contributed by atoms with van der Waals surface area (Å²) in [5.74, 6) is -0.596. The molecule has 6 aromatic heterocycles. The third-order valence-corrected chi connectivity index (χ3v) is 17.5. The van der Waals surface area contributed by atoms with Crippen molar-refractivity contribution in [3.05, 3.63) is 261 Å². The standard InChI is InChI=1S/C79H63N9O3/c1-45-34-46(2)73(47(3)35-45)76-67-32-26-57(83-67)36-55-24-29-64(81-55)74(65-30-25-56(82-65)37-58-27-33-68(76)84-58)51-16-20-53(21-17-51)77(89)80-44-48-12-14-50(15-13-48)63-42-71-75(52-18-22-54(23-19-52)78(90)91-6)66-31-28-59(85-66)39-69-62(49-10-8-7-9-11-49)38-60(86-69)41-72-79(4,5)43-61(87-72)40-70(63)88-71/h7-42,81,84,86,88H,43-44H2,1-6H3,(H,80,89). The number of esters is 1. The molecule has 10 heterocycles. The highest BCUT2D eigenvalue weighted by Crippen LogP contribution is 2.40. The number of fused-ring (bicyclic) bond motifs is 16. The summed E-state index contributed by atoms with van der Waals surface area (Å²) in [6, 6.07) is 61.7. The summed E-state index contributed by atoms with van der Waals surface area (Å²) in [6.45, 7) is 11.3. The van der Waals surface area contributed by atoms with Crippen molar-refractivity contribution in [2.24, 2.45) is 0 Å². The van der Waals surface area contributed by atoms with Crippen LogP contribution in [0.1, 0.15) is 102 Å². The van der Waals surface area contributed by atoms with E-state index in [0.717, 1.165) is 152 Å². The number of amides is 1. The van der Waals surface area contributed by atoms with E-state index in [4.69, 9.17) is 24.7 Å². The van der Waals surface area contributed by atoms with E-state index in [1.54, 1.807) is 12.1 Å². The normalized spacial score (nSPS) is 13.0. The van der Waals surface area contributed by atoms with E-state index in [2.05, 4.69) is 199 Å². The van der Waals surface area contributed by atoms with Gasteiger partial charge < -0.3 is 30.0 Å². The average molecular weight is 1190 g/mol. The number of rotatable bonds is 9. The van der Waals surface area contributed by atoms with E-state index >= 15 is 0 Å². The second-order valence-electron chi connectivity index (χ2n) is 24.5. The molecule has 0 spiro atoms. The largest absolute Gasteiger partial charge is 0.465 e. The molecule has 0 saturated heterocycles. The van der Waals surface area contributed by atoms with Gasteiger partial charge in [-0.2, -0.15) is 0 Å². The topological polar surface area (TPSA) is 170 Å². The lowest BCUT2D eigenvalue weighted by molar-refractivity contribution is 0.0600. The third-order valence-electron chi connectivity index (χ3n) is 17.5. The van der Waals surface area contributed by atoms with Crippen LogP contribution in [0.5, 0.6) is 0 Å². The van der Waals surface area contributed by atoms with E-state index in [1.807, 2.05) is 66.8 Å². The zero-order valence-electron chi connectivity index (χ0n) is 51.2. The van der Waals surface area contributed by atoms with Gasteiger partial charge in [0.05, 0.1) is 46.8 Å². The molecule has 11 aromatic rings. The molecule has 0 fully saturated rings. The van der Waals surface area contributed by atoms with Crippen molar-refractivity contribution in [1.82, 2.24) is 45.2 Å². The van der Waals surface area contributed by atoms with Gasteiger partial charge in [0.15, 0.2) is 0 Å². The summed E-state index contributed by atoms with van der Waals surface area (Å²) in [6.07, 6.45) is 13.1. The lowest BCUT2D eigenvalue weighted by Gasteiger charge is -2.15. The number of benzene rings is 5. The summed E-state index contributed by atoms with van der Waals surface area (Å²) in [5, 5.41) is 3.18. The molecule has 0 unspecified atom stereocenters. The zero-order chi connectivity index (χ0) is 62.1. The van der Waals surface area contributed by atoms with Crippen molar-refractivity contribution in [2.75, 3.05) is 7.11 Å². The second-order valence-corrected chi connectivity index (χ2v) is 24.5. The van der Waals surface area contributed by atoms with Crippen LogP contribution in [0.3, 0.4) is 0 Å². The van der Waals surface area contributed by atoms with Gasteiger partial charge in [-0.25, -0.2) is 19.7 Å². The van der Waals surface area contributed by atoms with Crippen LogP contribution in [0.25, 0.3) is 136 Å². The SMILES string of the molecule is COC(=O)c1ccc(-c2c3nc(cc4[nH]c(cc5nc(cc6[nH]c2cc6-c2ccc(CNC(=O)c6ccc(-c7c8nc(cc9ccc([nH]9)c(-c9c(C)cc(C)cc9C)c9nc(cc%10ccc7[nH]%10)C=C9)C=C8)cc6)cc2)CC5(C)C)cc4-c2ccccc2)C=C3)cc1. The Labute approximate surface area is 525 Å². The minimum absolute atomic E-state index is 0.187. The van der Waals surface area contributed by atoms with Crippen LogP contribution >= 0.6 is 0 Å². The summed E-state index contributed by atoms with van der Waals surface area (Å²) >= 11 is 0. The average Bonchev–Trinajstić information content (AvgIpc) is 1.71. The highest BCUT2D eigenvalue weighted by Gasteiger charge is 2.29. The van der Waals surface area contributed by atoms with Crippen molar-refractivity contribution in [1.29, 1.82) is 0 Å². The van der Waals surface area contributed by atoms with Crippen LogP contribution in [0.4, 0.5) is 0 Å². The number of nitrogens with zero attached hydrogens (tertiary/aromatic N) is 4. The Kier molecular flexibility index (Phi) is 13.9. The first-order valence-corrected chi connectivity index (χ1v) is 30.6. The van der Waals surface area contributed by atoms with Crippen LogP contribution in [-0.2, 0) is 23.1 Å². The Hall–Kier alpha value is -11.5. The number of aromatic nitrogens is 8. The van der Waals surface area contributed by atoms with Gasteiger partial charge >= 0.3 is 5.97 Å². The molecule has 1 amide bonds. The second kappa shape index (κ2) is 22.6. The Bertz CT molecular complexity index is 5250. The number of methoxy groups -OCH3 is 1. The molecule has 12 heteroatoms. The molecule has 5 aromatic carbocycles. The molecule has 16 bridgehead atoms. The number of aromatic amines is 4. The number of hydrogen-bond donors (Lipinski definition) is 5. The van der Waals surface area contributed by atoms with Gasteiger partial charge in [0, 0.05) is 107 Å². The summed E-state index contributed by atoms with van der Waals surface area (Å²) in [7, 11) is 1.39. The van der Waals surface area contributed by atoms with E-state index in [-0.39, 0.29) is 11.3 Å². The van der Waals surface area contributed by atoms with Crippen LogP contribution in [0.2, 0.25) is 0 Å². The summed E-state index contributed by atoms with van der Waals surface area (Å²) < 4.78 is 5.07. The fourth-order valence-corrected chi connectivity index (χ4v) is 13.2. The Morgan fingerprint density at radius 1 is 0.462 bits per heavy atom. The Morgan fingerprint density at radius 2 is 0.989 bits per heavy atom. The highest BCUT2D eigenvalue weighted by atomic mass is 16.5. The zero-order valence-corrected chi connectivity index (χ0v) is 51.2. The number of aryl methyl sites for hydroxylation is 3. The van der Waals surface area contributed by atoms with Crippen molar-refractivity contribution in [3.63, 3.8) is 0 Å². The molecular formula is C79H63N9O3. The quantitative estimate of drug-likeness (QED) is 0.0896. The van der Waals surface area contributed by atoms with Gasteiger partial charge in [-0.05, 0) is 193 Å². The smallest absolute Gasteiger partial charge is 0.337 e. The number of ether oxygens (including phenoxy) is 1. The van der Waals surface area contributed by atoms with Gasteiger partial charge in [-0.1, -0.05) is 110 Å². The molecule has 0 saturated carbocycles. The van der Waals surface area contributed by atoms with Crippen molar-refractivity contribution < 1.29 is 14.3 Å². The predicted molar refractivity (Wildman–Crippen MR) is 369 cm³/mol. The van der Waals surface area contributed by atoms with E-state index in [0.29, 0.717) is 17.7 Å². The highest BCUT2D eigenvalue weighted by molar-refractivity contribution is 6.00. The third kappa shape index (κ3) is 10.9. The number of hydrogen-bond acceptors (Lipinski definition) is 7. The van der Waals surface area contributed by atoms with Crippen LogP contribution in [0, 0.1) is 20.8 Å². The lowest BCUT2D eigenvalue weighted by atomic mass is 9.87. The number of carbonyl (C=O) groups is 2. The lowest BCUT2D eigenvalue weighted by Crippen LogP contribution is -2.22. The van der Waals surface area contributed by atoms with Gasteiger partial charge in [-0.15, -0.1) is 0 Å². The van der Waals surface area contributed by atoms with E-state index in [9.17, 15) is 9.59 Å². The Morgan fingerprint density at radius 3 is 1.62 bits per heavy atom. The number of nitrogens with one attached hydrogen (secondary N) is 5. The summed E-state index contributed by atoms with van der Waals surface area (Å²) in [4.78, 5) is 62.5. The van der Waals surface area contributed by atoms with Gasteiger partial charge in [0.25, 0.3) is 5.91 Å². The first-order valence-electron chi connectivity index (χ1n) is 30.6.